The molecule has 2 amide bonds. The van der Waals surface area contributed by atoms with Gasteiger partial charge in [0.1, 0.15) is 5.52 Å². The highest BCUT2D eigenvalue weighted by atomic mass is 16.3. The molecule has 1 aliphatic rings. The van der Waals surface area contributed by atoms with E-state index in [2.05, 4.69) is 15.2 Å². The lowest BCUT2D eigenvalue weighted by molar-refractivity contribution is -0.133. The second-order valence-corrected chi connectivity index (χ2v) is 8.05. The number of amides is 2. The van der Waals surface area contributed by atoms with Crippen LogP contribution in [0.3, 0.4) is 0 Å². The fourth-order valence-electron chi connectivity index (χ4n) is 3.95. The highest BCUT2D eigenvalue weighted by molar-refractivity contribution is 5.93. The average Bonchev–Trinajstić information content (AvgIpc) is 3.18. The van der Waals surface area contributed by atoms with E-state index >= 15 is 0 Å². The third-order valence-electron chi connectivity index (χ3n) is 5.73. The van der Waals surface area contributed by atoms with Gasteiger partial charge < -0.3 is 14.6 Å². The summed E-state index contributed by atoms with van der Waals surface area (Å²) in [4.78, 5) is 33.5. The van der Waals surface area contributed by atoms with Crippen LogP contribution in [0.4, 0.5) is 5.69 Å². The van der Waals surface area contributed by atoms with Crippen LogP contribution in [-0.4, -0.2) is 59.3 Å². The molecule has 0 bridgehead atoms. The summed E-state index contributed by atoms with van der Waals surface area (Å²) in [7, 11) is 0. The van der Waals surface area contributed by atoms with E-state index in [-0.39, 0.29) is 11.8 Å². The molecule has 0 atom stereocenters. The lowest BCUT2D eigenvalue weighted by Gasteiger charge is -2.34. The maximum Gasteiger partial charge on any atom is 0.238 e. The van der Waals surface area contributed by atoms with Crippen LogP contribution in [0, 0.1) is 13.8 Å². The third kappa shape index (κ3) is 5.11. The standard InChI is InChI=1S/C24H28N4O3/c1-17-6-5-7-18(2)24(17)26-21(29)16-27-12-14-28(15-13-27)23(30)11-10-22-25-19-8-3-4-9-20(19)31-22/h3-9H,10-16H2,1-2H3,(H,26,29). The Labute approximate surface area is 182 Å². The Morgan fingerprint density at radius 2 is 1.71 bits per heavy atom. The predicted molar refractivity (Wildman–Crippen MR) is 120 cm³/mol. The minimum atomic E-state index is -0.0202. The van der Waals surface area contributed by atoms with E-state index < -0.39 is 0 Å². The molecule has 31 heavy (non-hydrogen) atoms. The fraction of sp³-hybridized carbons (Fsp3) is 0.375. The number of benzene rings is 2. The number of aromatic nitrogens is 1. The minimum absolute atomic E-state index is 0.0202. The highest BCUT2D eigenvalue weighted by Crippen LogP contribution is 2.19. The molecule has 3 aromatic rings. The maximum absolute atomic E-state index is 12.6. The van der Waals surface area contributed by atoms with Crippen LogP contribution in [0.5, 0.6) is 0 Å². The molecule has 1 N–H and O–H groups in total. The van der Waals surface area contributed by atoms with Crippen molar-refractivity contribution in [2.45, 2.75) is 26.7 Å². The Balaban J connectivity index is 1.22. The van der Waals surface area contributed by atoms with Gasteiger partial charge in [-0.05, 0) is 37.1 Å². The van der Waals surface area contributed by atoms with Crippen molar-refractivity contribution in [1.29, 1.82) is 0 Å². The lowest BCUT2D eigenvalue weighted by Crippen LogP contribution is -2.50. The summed E-state index contributed by atoms with van der Waals surface area (Å²) >= 11 is 0. The molecule has 1 aromatic heterocycles. The highest BCUT2D eigenvalue weighted by Gasteiger charge is 2.23. The van der Waals surface area contributed by atoms with Crippen molar-refractivity contribution in [3.8, 4) is 0 Å². The number of carbonyl (C=O) groups excluding carboxylic acids is 2. The van der Waals surface area contributed by atoms with Gasteiger partial charge in [-0.1, -0.05) is 30.3 Å². The molecule has 162 valence electrons. The van der Waals surface area contributed by atoms with Crippen molar-refractivity contribution in [3.63, 3.8) is 0 Å². The molecule has 0 radical (unpaired) electrons. The van der Waals surface area contributed by atoms with Crippen molar-refractivity contribution < 1.29 is 14.0 Å². The molecule has 2 heterocycles. The molecule has 7 nitrogen and oxygen atoms in total. The Bertz CT molecular complexity index is 1030. The van der Waals surface area contributed by atoms with E-state index in [1.807, 2.05) is 61.2 Å². The van der Waals surface area contributed by atoms with Crippen LogP contribution in [0.1, 0.15) is 23.4 Å². The van der Waals surface area contributed by atoms with E-state index in [1.54, 1.807) is 0 Å². The van der Waals surface area contributed by atoms with E-state index in [4.69, 9.17) is 4.42 Å². The van der Waals surface area contributed by atoms with Crippen LogP contribution in [0.25, 0.3) is 11.1 Å². The van der Waals surface area contributed by atoms with Gasteiger partial charge in [0.25, 0.3) is 0 Å². The molecule has 0 unspecified atom stereocenters. The number of aryl methyl sites for hydroxylation is 3. The Hall–Kier alpha value is -3.19. The van der Waals surface area contributed by atoms with Gasteiger partial charge in [-0.2, -0.15) is 0 Å². The lowest BCUT2D eigenvalue weighted by atomic mass is 10.1. The van der Waals surface area contributed by atoms with Gasteiger partial charge in [0.15, 0.2) is 11.5 Å². The Kier molecular flexibility index (Phi) is 6.32. The summed E-state index contributed by atoms with van der Waals surface area (Å²) in [5, 5.41) is 3.03. The van der Waals surface area contributed by atoms with Gasteiger partial charge >= 0.3 is 0 Å². The number of carbonyl (C=O) groups is 2. The van der Waals surface area contributed by atoms with Crippen LogP contribution in [0.2, 0.25) is 0 Å². The maximum atomic E-state index is 12.6. The van der Waals surface area contributed by atoms with Gasteiger partial charge in [0, 0.05) is 44.7 Å². The first-order valence-corrected chi connectivity index (χ1v) is 10.7. The van der Waals surface area contributed by atoms with Gasteiger partial charge in [-0.3, -0.25) is 14.5 Å². The first-order chi connectivity index (χ1) is 15.0. The summed E-state index contributed by atoms with van der Waals surface area (Å²) in [5.74, 6) is 0.673. The largest absolute Gasteiger partial charge is 0.441 e. The summed E-state index contributed by atoms with van der Waals surface area (Å²) in [6.07, 6.45) is 0.867. The van der Waals surface area contributed by atoms with Crippen molar-refractivity contribution in [3.05, 3.63) is 59.5 Å². The summed E-state index contributed by atoms with van der Waals surface area (Å²) in [6, 6.07) is 13.6. The summed E-state index contributed by atoms with van der Waals surface area (Å²) in [6.45, 7) is 6.95. The normalized spacial score (nSPS) is 14.7. The minimum Gasteiger partial charge on any atom is -0.441 e. The topological polar surface area (TPSA) is 78.7 Å². The van der Waals surface area contributed by atoms with E-state index in [0.29, 0.717) is 51.5 Å². The van der Waals surface area contributed by atoms with Gasteiger partial charge in [-0.25, -0.2) is 4.98 Å². The summed E-state index contributed by atoms with van der Waals surface area (Å²) < 4.78 is 5.70. The fourth-order valence-corrected chi connectivity index (χ4v) is 3.95. The first kappa shape index (κ1) is 21.1. The molecule has 1 saturated heterocycles. The monoisotopic (exact) mass is 420 g/mol. The number of anilines is 1. The van der Waals surface area contributed by atoms with E-state index in [1.165, 1.54) is 0 Å². The zero-order valence-corrected chi connectivity index (χ0v) is 18.1. The SMILES string of the molecule is Cc1cccc(C)c1NC(=O)CN1CCN(C(=O)CCc2nc3ccccc3o2)CC1. The number of hydrogen-bond acceptors (Lipinski definition) is 5. The van der Waals surface area contributed by atoms with Crippen LogP contribution >= 0.6 is 0 Å². The number of nitrogens with zero attached hydrogens (tertiary/aromatic N) is 3. The molecule has 0 aliphatic carbocycles. The van der Waals surface area contributed by atoms with Crippen LogP contribution < -0.4 is 5.32 Å². The van der Waals surface area contributed by atoms with Crippen molar-refractivity contribution in [1.82, 2.24) is 14.8 Å². The molecule has 0 spiro atoms. The van der Waals surface area contributed by atoms with Crippen LogP contribution in [-0.2, 0) is 16.0 Å². The zero-order chi connectivity index (χ0) is 21.8. The second kappa shape index (κ2) is 9.31. The number of nitrogens with one attached hydrogen (secondary N) is 1. The smallest absolute Gasteiger partial charge is 0.238 e. The van der Waals surface area contributed by atoms with Crippen molar-refractivity contribution in [2.75, 3.05) is 38.0 Å². The molecular formula is C24H28N4O3. The quantitative estimate of drug-likeness (QED) is 0.663. The Morgan fingerprint density at radius 3 is 2.42 bits per heavy atom. The van der Waals surface area contributed by atoms with E-state index in [9.17, 15) is 9.59 Å². The summed E-state index contributed by atoms with van der Waals surface area (Å²) in [5.41, 5.74) is 4.57. The van der Waals surface area contributed by atoms with Crippen molar-refractivity contribution >= 4 is 28.6 Å². The second-order valence-electron chi connectivity index (χ2n) is 8.05. The molecule has 4 rings (SSSR count). The number of rotatable bonds is 6. The van der Waals surface area contributed by atoms with Crippen molar-refractivity contribution in [2.24, 2.45) is 0 Å². The number of piperazine rings is 1. The van der Waals surface area contributed by atoms with E-state index in [0.717, 1.165) is 27.9 Å². The first-order valence-electron chi connectivity index (χ1n) is 10.7. The average molecular weight is 421 g/mol. The number of fused-ring (bicyclic) bond motifs is 1. The number of hydrogen-bond donors (Lipinski definition) is 1. The van der Waals surface area contributed by atoms with Crippen LogP contribution in [0.15, 0.2) is 46.9 Å². The molecule has 7 heteroatoms. The molecule has 2 aromatic carbocycles. The third-order valence-corrected chi connectivity index (χ3v) is 5.73. The van der Waals surface area contributed by atoms with Gasteiger partial charge in [0.2, 0.25) is 11.8 Å². The zero-order valence-electron chi connectivity index (χ0n) is 18.1. The Morgan fingerprint density at radius 1 is 1.00 bits per heavy atom. The van der Waals surface area contributed by atoms with Gasteiger partial charge in [0.05, 0.1) is 6.54 Å². The molecular weight excluding hydrogens is 392 g/mol. The molecule has 0 saturated carbocycles. The van der Waals surface area contributed by atoms with Gasteiger partial charge in [-0.15, -0.1) is 0 Å². The molecule has 1 aliphatic heterocycles. The predicted octanol–water partition coefficient (Wildman–Crippen LogP) is 3.16. The molecule has 1 fully saturated rings. The number of para-hydroxylation sites is 3. The number of oxazole rings is 1.